The van der Waals surface area contributed by atoms with Gasteiger partial charge in [0.1, 0.15) is 24.2 Å². The Morgan fingerprint density at radius 3 is 2.00 bits per heavy atom. The summed E-state index contributed by atoms with van der Waals surface area (Å²) < 4.78 is 12.8. The van der Waals surface area contributed by atoms with Crippen molar-refractivity contribution in [1.82, 2.24) is 26.2 Å². The molecule has 4 aliphatic carbocycles. The lowest BCUT2D eigenvalue weighted by Gasteiger charge is -2.55. The molecule has 8 N–H and O–H groups in total. The molecule has 1 heterocycles. The summed E-state index contributed by atoms with van der Waals surface area (Å²) in [6, 6.07) is -4.41. The molecule has 0 aromatic carbocycles. The first-order valence-corrected chi connectivity index (χ1v) is 22.5. The minimum absolute atomic E-state index is 0.0577. The molecular formula is C43H75N7O7. The predicted molar refractivity (Wildman–Crippen MR) is 218 cm³/mol. The van der Waals surface area contributed by atoms with Crippen molar-refractivity contribution in [3.63, 3.8) is 0 Å². The van der Waals surface area contributed by atoms with Gasteiger partial charge in [0.25, 0.3) is 0 Å². The lowest BCUT2D eigenvalue weighted by atomic mass is 9.51. The molecule has 57 heavy (non-hydrogen) atoms. The van der Waals surface area contributed by atoms with Gasteiger partial charge in [0, 0.05) is 19.6 Å². The maximum atomic E-state index is 14.4. The summed E-state index contributed by atoms with van der Waals surface area (Å²) in [4.78, 5) is 72.3. The van der Waals surface area contributed by atoms with Crippen molar-refractivity contribution in [2.45, 2.75) is 179 Å². The van der Waals surface area contributed by atoms with Crippen LogP contribution in [0, 0.1) is 29.1 Å². The van der Waals surface area contributed by atoms with Gasteiger partial charge in [-0.05, 0) is 114 Å². The zero-order valence-electron chi connectivity index (χ0n) is 35.4. The third-order valence-electron chi connectivity index (χ3n) is 14.1. The van der Waals surface area contributed by atoms with Crippen LogP contribution in [-0.2, 0) is 33.4 Å². The molecule has 5 fully saturated rings. The van der Waals surface area contributed by atoms with E-state index in [-0.39, 0.29) is 43.6 Å². The molecule has 0 bridgehead atoms. The number of hydrogen-bond donors (Lipinski definition) is 6. The van der Waals surface area contributed by atoms with Gasteiger partial charge in [-0.2, -0.15) is 0 Å². The summed E-state index contributed by atoms with van der Waals surface area (Å²) in [5, 5.41) is 11.8. The van der Waals surface area contributed by atoms with Crippen LogP contribution in [-0.4, -0.2) is 110 Å². The van der Waals surface area contributed by atoms with Crippen LogP contribution in [0.1, 0.15) is 136 Å². The zero-order chi connectivity index (χ0) is 41.1. The van der Waals surface area contributed by atoms with Crippen molar-refractivity contribution >= 4 is 29.5 Å². The molecule has 1 spiro atoms. The molecule has 5 aliphatic rings. The standard InChI is InChI=1S/C43H75N7O7/c1-5-11-35-40(53)49-37(31-12-8-6-7-9-13-31)41(54)47-33(24-45)38(51)48-34(26-56-32-16-14-29(23-44)15-17-32)39(52)46-27(2)25-57-36(28(3)42(55)50(35)4)20-30-21-43(22-30)18-10-19-43/h27-37H,5-26,44-45H2,1-4H3,(H,46,52)(H,47,54)(H,48,51)(H,49,53)/t27-,28-,29?,32?,33+,34+,35+,36-,37+/m1/s1. The fraction of sp³-hybridized carbons (Fsp3) is 0.884. The van der Waals surface area contributed by atoms with Crippen LogP contribution in [0.3, 0.4) is 0 Å². The fourth-order valence-corrected chi connectivity index (χ4v) is 10.2. The summed E-state index contributed by atoms with van der Waals surface area (Å²) in [6.07, 6.45) is 16.3. The number of carbonyl (C=O) groups is 5. The molecule has 7 atom stereocenters. The number of hydrogen-bond acceptors (Lipinski definition) is 9. The van der Waals surface area contributed by atoms with Gasteiger partial charge in [-0.25, -0.2) is 0 Å². The Hall–Kier alpha value is -2.81. The second-order valence-electron chi connectivity index (χ2n) is 18.5. The third-order valence-corrected chi connectivity index (χ3v) is 14.1. The molecule has 14 nitrogen and oxygen atoms in total. The van der Waals surface area contributed by atoms with Crippen molar-refractivity contribution < 1.29 is 33.4 Å². The van der Waals surface area contributed by atoms with Gasteiger partial charge in [-0.3, -0.25) is 24.0 Å². The predicted octanol–water partition coefficient (Wildman–Crippen LogP) is 3.04. The summed E-state index contributed by atoms with van der Waals surface area (Å²) in [6.45, 7) is 6.21. The Kier molecular flexibility index (Phi) is 17.0. The first-order valence-electron chi connectivity index (χ1n) is 22.5. The minimum atomic E-state index is -1.16. The molecule has 1 saturated heterocycles. The van der Waals surface area contributed by atoms with Gasteiger partial charge in [-0.1, -0.05) is 52.4 Å². The van der Waals surface area contributed by atoms with Gasteiger partial charge in [0.05, 0.1) is 31.3 Å². The van der Waals surface area contributed by atoms with Gasteiger partial charge in [0.15, 0.2) is 0 Å². The van der Waals surface area contributed by atoms with E-state index in [4.69, 9.17) is 20.9 Å². The minimum Gasteiger partial charge on any atom is -0.376 e. The van der Waals surface area contributed by atoms with Crippen LogP contribution >= 0.6 is 0 Å². The smallest absolute Gasteiger partial charge is 0.245 e. The first-order chi connectivity index (χ1) is 27.4. The van der Waals surface area contributed by atoms with E-state index in [0.717, 1.165) is 83.5 Å². The highest BCUT2D eigenvalue weighted by Crippen LogP contribution is 2.60. The molecule has 1 aliphatic heterocycles. The Morgan fingerprint density at radius 2 is 1.40 bits per heavy atom. The van der Waals surface area contributed by atoms with Crippen molar-refractivity contribution in [2.24, 2.45) is 40.6 Å². The topological polar surface area (TPSA) is 207 Å². The number of ether oxygens (including phenoxy) is 2. The average Bonchev–Trinajstić information content (AvgIpc) is 3.46. The number of amides is 5. The highest BCUT2D eigenvalue weighted by molar-refractivity contribution is 5.96. The van der Waals surface area contributed by atoms with Gasteiger partial charge >= 0.3 is 0 Å². The van der Waals surface area contributed by atoms with E-state index in [1.165, 1.54) is 19.3 Å². The fourth-order valence-electron chi connectivity index (χ4n) is 10.2. The van der Waals surface area contributed by atoms with Crippen LogP contribution in [0.2, 0.25) is 0 Å². The Balaban J connectivity index is 1.41. The maximum Gasteiger partial charge on any atom is 0.245 e. The molecule has 5 rings (SSSR count). The first kappa shape index (κ1) is 45.3. The van der Waals surface area contributed by atoms with Gasteiger partial charge in [-0.15, -0.1) is 0 Å². The highest BCUT2D eigenvalue weighted by atomic mass is 16.5. The SMILES string of the molecule is CCC[C@H]1C(=O)N[C@@H](C2CCCCCC2)C(=O)N[C@@H](CN)C(=O)N[C@@H](COC2CCC(CN)CC2)C(=O)N[C@H](C)CO[C@H](CC2CC3(CCC3)C2)[C@@H](C)C(=O)N1C. The molecule has 0 radical (unpaired) electrons. The average molecular weight is 802 g/mol. The lowest BCUT2D eigenvalue weighted by Crippen LogP contribution is -2.62. The van der Waals surface area contributed by atoms with E-state index < -0.39 is 60.0 Å². The zero-order valence-corrected chi connectivity index (χ0v) is 35.4. The second kappa shape index (κ2) is 21.4. The van der Waals surface area contributed by atoms with Crippen LogP contribution in [0.25, 0.3) is 0 Å². The van der Waals surface area contributed by atoms with Crippen molar-refractivity contribution in [3.05, 3.63) is 0 Å². The van der Waals surface area contributed by atoms with Crippen molar-refractivity contribution in [3.8, 4) is 0 Å². The van der Waals surface area contributed by atoms with E-state index in [0.29, 0.717) is 36.6 Å². The second-order valence-corrected chi connectivity index (χ2v) is 18.5. The molecule has 0 unspecified atom stereocenters. The number of carbonyl (C=O) groups excluding carboxylic acids is 5. The van der Waals surface area contributed by atoms with E-state index >= 15 is 0 Å². The highest BCUT2D eigenvalue weighted by Gasteiger charge is 2.49. The molecule has 4 saturated carbocycles. The van der Waals surface area contributed by atoms with E-state index in [1.54, 1.807) is 11.9 Å². The quantitative estimate of drug-likeness (QED) is 0.179. The van der Waals surface area contributed by atoms with Gasteiger partial charge < -0.3 is 47.1 Å². The Labute approximate surface area is 341 Å². The number of rotatable bonds is 10. The number of likely N-dealkylation sites (N-methyl/N-ethyl adjacent to an activating group) is 1. The van der Waals surface area contributed by atoms with Crippen LogP contribution in [0.4, 0.5) is 0 Å². The summed E-state index contributed by atoms with van der Waals surface area (Å²) >= 11 is 0. The van der Waals surface area contributed by atoms with Gasteiger partial charge in [0.2, 0.25) is 29.5 Å². The maximum absolute atomic E-state index is 14.4. The molecule has 324 valence electrons. The van der Waals surface area contributed by atoms with Crippen molar-refractivity contribution in [2.75, 3.05) is 33.4 Å². The van der Waals surface area contributed by atoms with Crippen LogP contribution < -0.4 is 32.7 Å². The van der Waals surface area contributed by atoms with E-state index in [2.05, 4.69) is 21.3 Å². The number of nitrogens with two attached hydrogens (primary N) is 2. The number of nitrogens with one attached hydrogen (secondary N) is 4. The largest absolute Gasteiger partial charge is 0.376 e. The molecule has 0 aromatic rings. The molecule has 5 amide bonds. The normalized spacial score (nSPS) is 34.7. The number of nitrogens with zero attached hydrogens (tertiary/aromatic N) is 1. The summed E-state index contributed by atoms with van der Waals surface area (Å²) in [5.41, 5.74) is 12.5. The van der Waals surface area contributed by atoms with E-state index in [9.17, 15) is 24.0 Å². The Morgan fingerprint density at radius 1 is 0.754 bits per heavy atom. The summed E-state index contributed by atoms with van der Waals surface area (Å²) in [7, 11) is 1.68. The monoisotopic (exact) mass is 802 g/mol. The van der Waals surface area contributed by atoms with Crippen molar-refractivity contribution in [1.29, 1.82) is 0 Å². The summed E-state index contributed by atoms with van der Waals surface area (Å²) in [5.74, 6) is -1.93. The Bertz CT molecular complexity index is 1340. The van der Waals surface area contributed by atoms with Crippen LogP contribution in [0.5, 0.6) is 0 Å². The third kappa shape index (κ3) is 12.1. The van der Waals surface area contributed by atoms with E-state index in [1.807, 2.05) is 20.8 Å². The van der Waals surface area contributed by atoms with Crippen LogP contribution in [0.15, 0.2) is 0 Å². The lowest BCUT2D eigenvalue weighted by molar-refractivity contribution is -0.148. The molecule has 14 heteroatoms. The molecule has 0 aromatic heterocycles. The molecular weight excluding hydrogens is 727 g/mol.